The van der Waals surface area contributed by atoms with Crippen LogP contribution in [0.1, 0.15) is 233 Å². The number of ether oxygens (including phenoxy) is 1. The van der Waals surface area contributed by atoms with Gasteiger partial charge >= 0.3 is 18.1 Å². The quantitative estimate of drug-likeness (QED) is 0.0246. The second-order valence-corrected chi connectivity index (χ2v) is 29.6. The number of aldehydes is 1. The van der Waals surface area contributed by atoms with Gasteiger partial charge in [0.2, 0.25) is 70.9 Å². The summed E-state index contributed by atoms with van der Waals surface area (Å²) in [6.45, 7) is 23.1. The van der Waals surface area contributed by atoms with Gasteiger partial charge in [-0.1, -0.05) is 101 Å². The molecule has 3 fully saturated rings. The fourth-order valence-electron chi connectivity index (χ4n) is 12.3. The highest BCUT2D eigenvalue weighted by molar-refractivity contribution is 6.05. The minimum absolute atomic E-state index is 0.0731. The summed E-state index contributed by atoms with van der Waals surface area (Å²) in [5.41, 5.74) is 16.1. The van der Waals surface area contributed by atoms with Crippen molar-refractivity contribution in [2.24, 2.45) is 58.6 Å². The van der Waals surface area contributed by atoms with Crippen molar-refractivity contribution in [2.75, 3.05) is 44.6 Å². The second kappa shape index (κ2) is 55.2. The summed E-state index contributed by atoms with van der Waals surface area (Å²) in [7, 11) is 0. The predicted molar refractivity (Wildman–Crippen MR) is 419 cm³/mol. The molecule has 9 atom stereocenters. The average molecular weight is 1600 g/mol. The van der Waals surface area contributed by atoms with Gasteiger partial charge in [-0.15, -0.1) is 0 Å². The number of ketones is 2. The van der Waals surface area contributed by atoms with Crippen molar-refractivity contribution in [1.29, 1.82) is 0 Å². The van der Waals surface area contributed by atoms with Crippen molar-refractivity contribution in [3.8, 4) is 0 Å². The molecule has 3 aliphatic heterocycles. The minimum Gasteiger partial charge on any atom is -0.463 e. The number of Topliss-reactive ketones (excluding diaryl/α,β-unsaturated/α-hetero) is 2. The lowest BCUT2D eigenvalue weighted by Gasteiger charge is -2.25. The number of hydrogen-bond donors (Lipinski definition) is 12. The van der Waals surface area contributed by atoms with Crippen LogP contribution in [0.4, 0.5) is 20.1 Å². The lowest BCUT2D eigenvalue weighted by atomic mass is 9.92. The van der Waals surface area contributed by atoms with Gasteiger partial charge in [-0.25, -0.2) is 14.4 Å². The standard InChI is InChI=1S/C30H44N6O8.C23H39N5O6.C14H27N3O3.C11H17NO3/c1-19(2)26(35-24(38)9-5-4-6-15-36-25(39)16-20(3)29(36)42)28(41)34-23(8-7-14-32-30(31)43)27(40)33-22-12-10-21(11-13-22)17-44-18-37;1-14(2)20(21(32)26-17(16(4)29)9-8-11-25-23(24)34)27-18(30)10-6-5-7-12-28-19(31)13-15(3)22(28)33;1-5-11(9(2)3)13(19)17-12(10(4)18)7-6-8-16-14(15)20;1-9-8-10(14)12(11(9)15)6-4-2-3-5-7-13/h10-13,18-20,23,26H,4-9,14-17H2,1-3H3,(H,33,40)(H,34,41)(H,35,38)(H3,31,32,43);14-15,17,20H,5-13H2,1-4H3,(H,26,32)(H,27,30)(H3,24,25,34);9,11-12H,5-8H2,1-4H3,(H,17,19)(H3,15,16,20);7,9H,2-6,8H2,1H3/t20?,23-,26?;15?,17-,20?;11?,12-;/m000./s1/i18D;;;7D. The van der Waals surface area contributed by atoms with Crippen molar-refractivity contribution in [3.63, 3.8) is 0 Å². The Labute approximate surface area is 666 Å². The van der Waals surface area contributed by atoms with E-state index in [1.165, 1.54) is 28.5 Å². The van der Waals surface area contributed by atoms with Gasteiger partial charge in [0.25, 0.3) is 6.45 Å². The zero-order valence-electron chi connectivity index (χ0n) is 70.0. The van der Waals surface area contributed by atoms with Crippen LogP contribution < -0.4 is 65.1 Å². The highest BCUT2D eigenvalue weighted by Crippen LogP contribution is 2.23. The summed E-state index contributed by atoms with van der Waals surface area (Å²) >= 11 is 0. The van der Waals surface area contributed by atoms with Gasteiger partial charge < -0.3 is 74.6 Å². The number of rotatable bonds is 48. The minimum atomic E-state index is -1.16. The van der Waals surface area contributed by atoms with Crippen LogP contribution >= 0.6 is 0 Å². The normalized spacial score (nSPS) is 16.9. The topological polar surface area (TPSA) is 530 Å². The van der Waals surface area contributed by atoms with E-state index >= 15 is 0 Å². The fourth-order valence-corrected chi connectivity index (χ4v) is 12.3. The summed E-state index contributed by atoms with van der Waals surface area (Å²) in [5.74, 6) is -4.34. The summed E-state index contributed by atoms with van der Waals surface area (Å²) < 4.78 is 18.2. The maximum atomic E-state index is 13.3. The molecule has 0 aromatic heterocycles. The zero-order valence-corrected chi connectivity index (χ0v) is 68.0. The van der Waals surface area contributed by atoms with Gasteiger partial charge in [0.1, 0.15) is 32.4 Å². The first-order chi connectivity index (χ1) is 54.0. The van der Waals surface area contributed by atoms with Crippen LogP contribution in [0.15, 0.2) is 24.3 Å². The molecule has 18 amide bonds. The molecule has 15 N–H and O–H groups in total. The molecule has 113 heavy (non-hydrogen) atoms. The maximum Gasteiger partial charge on any atom is 0.312 e. The van der Waals surface area contributed by atoms with E-state index in [9.17, 15) is 91.1 Å². The summed E-state index contributed by atoms with van der Waals surface area (Å²) in [6, 6.07) is 0.490. The van der Waals surface area contributed by atoms with Crippen LogP contribution in [0.2, 0.25) is 0 Å². The molecule has 0 aliphatic carbocycles. The van der Waals surface area contributed by atoms with Crippen molar-refractivity contribution in [3.05, 3.63) is 29.8 Å². The molecule has 0 bridgehead atoms. The highest BCUT2D eigenvalue weighted by Gasteiger charge is 2.38. The Morgan fingerprint density at radius 3 is 1.14 bits per heavy atom. The number of urea groups is 3. The smallest absolute Gasteiger partial charge is 0.312 e. The number of carbonyl (C=O) groups excluding carboxylic acids is 19. The number of imide groups is 3. The third kappa shape index (κ3) is 40.7. The Morgan fingerprint density at radius 1 is 0.478 bits per heavy atom. The van der Waals surface area contributed by atoms with E-state index in [1.54, 1.807) is 72.7 Å². The first kappa shape index (κ1) is 96.9. The number of hydrogen-bond acceptors (Lipinski definition) is 20. The molecule has 3 aliphatic rings. The first-order valence-corrected chi connectivity index (χ1v) is 39.2. The van der Waals surface area contributed by atoms with Crippen LogP contribution in [0.5, 0.6) is 0 Å². The Morgan fingerprint density at radius 2 is 0.832 bits per heavy atom. The molecule has 0 radical (unpaired) electrons. The predicted octanol–water partition coefficient (Wildman–Crippen LogP) is 4.26. The second-order valence-electron chi connectivity index (χ2n) is 29.6. The number of amides is 18. The molecule has 634 valence electrons. The van der Waals surface area contributed by atoms with E-state index in [0.717, 1.165) is 19.3 Å². The largest absolute Gasteiger partial charge is 0.463 e. The molecule has 1 aromatic rings. The van der Waals surface area contributed by atoms with Crippen LogP contribution in [0.3, 0.4) is 0 Å². The van der Waals surface area contributed by atoms with Crippen LogP contribution in [-0.4, -0.2) is 197 Å². The van der Waals surface area contributed by atoms with Crippen LogP contribution in [-0.2, 0) is 88.1 Å². The van der Waals surface area contributed by atoms with Crippen molar-refractivity contribution in [1.82, 2.24) is 57.2 Å². The third-order valence-electron chi connectivity index (χ3n) is 18.9. The molecule has 35 heteroatoms. The molecule has 0 saturated carbocycles. The fraction of sp³-hybridized carbons (Fsp3) is 0.679. The summed E-state index contributed by atoms with van der Waals surface area (Å²) in [4.78, 5) is 228. The molecule has 3 heterocycles. The number of likely N-dealkylation sites (tertiary alicyclic amines) is 3. The van der Waals surface area contributed by atoms with Crippen LogP contribution in [0, 0.1) is 41.4 Å². The van der Waals surface area contributed by atoms with E-state index in [-0.39, 0.29) is 158 Å². The number of nitrogens with zero attached hydrogens (tertiary/aromatic N) is 3. The summed E-state index contributed by atoms with van der Waals surface area (Å²) in [6.07, 6.45) is 8.54. The van der Waals surface area contributed by atoms with Gasteiger partial charge in [0, 0.05) is 107 Å². The molecular weight excluding hydrogens is 1470 g/mol. The molecular formula is C78H127N15O20. The number of primary amides is 3. The molecule has 0 spiro atoms. The van der Waals surface area contributed by atoms with E-state index in [2.05, 4.69) is 52.6 Å². The van der Waals surface area contributed by atoms with E-state index in [4.69, 9.17) is 19.9 Å². The zero-order chi connectivity index (χ0) is 87.2. The SMILES string of the molecule is CC(=O)[C@H](CCCNC(N)=O)NC(=O)C(NC(=O)CCCCCN1C(=O)CC(C)C1=O)C(C)C.CCC(C(=O)N[C@@H](CCCNC(N)=O)C(C)=O)C(C)C.[2H]C(=O)CCCCCN1C(=O)CC(C)C1=O.[2H]C(=O)OCc1ccc(NC(=O)[C@H](CCCNC(N)=O)NC(=O)C(NC(=O)CCCCCN2C(=O)CC(C)C2=O)C(C)C)cc1. The Balaban J connectivity index is 0.000000827. The van der Waals surface area contributed by atoms with E-state index < -0.39 is 78.7 Å². The molecule has 35 nitrogen and oxygen atoms in total. The van der Waals surface area contributed by atoms with Gasteiger partial charge in [0.05, 0.1) is 12.1 Å². The Kier molecular flexibility index (Phi) is 47.4. The van der Waals surface area contributed by atoms with Crippen molar-refractivity contribution < 1.29 is 98.6 Å². The molecule has 6 unspecified atom stereocenters. The van der Waals surface area contributed by atoms with E-state index in [1.807, 2.05) is 20.8 Å². The number of nitrogens with two attached hydrogens (primary N) is 3. The number of unbranched alkanes of at least 4 members (excludes halogenated alkanes) is 6. The maximum absolute atomic E-state index is 13.3. The Hall–Kier alpha value is -10.3. The number of nitrogens with one attached hydrogen (secondary N) is 9. The average Bonchev–Trinajstić information content (AvgIpc) is 1.74. The van der Waals surface area contributed by atoms with Gasteiger partial charge in [-0.3, -0.25) is 86.6 Å². The van der Waals surface area contributed by atoms with Gasteiger partial charge in [-0.2, -0.15) is 0 Å². The van der Waals surface area contributed by atoms with Crippen molar-refractivity contribution in [2.45, 2.75) is 261 Å². The third-order valence-corrected chi connectivity index (χ3v) is 18.9. The van der Waals surface area contributed by atoms with Gasteiger partial charge in [-0.05, 0) is 133 Å². The van der Waals surface area contributed by atoms with Crippen molar-refractivity contribution >= 4 is 119 Å². The lowest BCUT2D eigenvalue weighted by Crippen LogP contribution is -2.54. The molecule has 3 saturated heterocycles. The first-order valence-electron chi connectivity index (χ1n) is 40.2. The lowest BCUT2D eigenvalue weighted by molar-refractivity contribution is -0.140. The van der Waals surface area contributed by atoms with Crippen LogP contribution in [0.25, 0.3) is 0 Å². The molecule has 4 rings (SSSR count). The number of carbonyl (C=O) groups is 19. The summed E-state index contributed by atoms with van der Waals surface area (Å²) in [5, 5.41) is 23.8. The Bertz CT molecular complexity index is 3450. The number of benzene rings is 1. The van der Waals surface area contributed by atoms with E-state index in [0.29, 0.717) is 127 Å². The highest BCUT2D eigenvalue weighted by atomic mass is 16.5. The molecule has 1 aromatic carbocycles. The van der Waals surface area contributed by atoms with Gasteiger partial charge in [0.15, 0.2) is 12.9 Å². The monoisotopic (exact) mass is 1600 g/mol. The number of anilines is 1.